The van der Waals surface area contributed by atoms with E-state index >= 15 is 0 Å². The van der Waals surface area contributed by atoms with E-state index in [4.69, 9.17) is 17.5 Å². The second kappa shape index (κ2) is 9.74. The molecule has 0 fully saturated rings. The molecule has 0 aliphatic carbocycles. The summed E-state index contributed by atoms with van der Waals surface area (Å²) in [7, 11) is -6.47. The van der Waals surface area contributed by atoms with Crippen molar-refractivity contribution in [1.29, 1.82) is 0 Å². The van der Waals surface area contributed by atoms with Gasteiger partial charge < -0.3 is 5.11 Å². The van der Waals surface area contributed by atoms with E-state index in [1.807, 2.05) is 18.2 Å². The van der Waals surface area contributed by atoms with Crippen LogP contribution in [0.5, 0.6) is 0 Å². The molecule has 0 aliphatic heterocycles. The minimum Gasteiger partial charge on any atom is -0.393 e. The minimum absolute atomic E-state index is 0.187. The highest BCUT2D eigenvalue weighted by molar-refractivity contribution is 7.95. The number of aliphatic hydroxyl groups is 1. The van der Waals surface area contributed by atoms with Crippen LogP contribution in [-0.4, -0.2) is 35.4 Å². The Kier molecular flexibility index (Phi) is 7.66. The zero-order valence-electron chi connectivity index (χ0n) is 14.6. The van der Waals surface area contributed by atoms with Gasteiger partial charge in [0.2, 0.25) is 0 Å². The van der Waals surface area contributed by atoms with Crippen LogP contribution in [0.15, 0.2) is 91.0 Å². The van der Waals surface area contributed by atoms with Crippen molar-refractivity contribution in [3.63, 3.8) is 0 Å². The van der Waals surface area contributed by atoms with Crippen LogP contribution in [0.2, 0.25) is 0 Å². The molecule has 0 saturated heterocycles. The summed E-state index contributed by atoms with van der Waals surface area (Å²) in [5, 5.41) is 13.8. The first-order valence-electron chi connectivity index (χ1n) is 8.23. The van der Waals surface area contributed by atoms with Gasteiger partial charge in [0.15, 0.2) is 0 Å². The Morgan fingerprint density at radius 2 is 0.889 bits per heavy atom. The summed E-state index contributed by atoms with van der Waals surface area (Å²) in [5.41, 5.74) is 0. The molecule has 0 spiro atoms. The summed E-state index contributed by atoms with van der Waals surface area (Å²) in [4.78, 5) is 0. The summed E-state index contributed by atoms with van der Waals surface area (Å²) in [6, 6.07) is 31.9. The lowest BCUT2D eigenvalue weighted by molar-refractivity contribution is 0.321. The summed E-state index contributed by atoms with van der Waals surface area (Å²) in [6.07, 6.45) is 0.769. The molecular formula is C20H22O5PS+. The van der Waals surface area contributed by atoms with Crippen LogP contribution in [0.3, 0.4) is 0 Å². The first-order chi connectivity index (χ1) is 12.9. The molecule has 0 saturated carbocycles. The number of aliphatic hydroxyl groups excluding tert-OH is 1. The number of hydrogen-bond acceptors (Lipinski definition) is 3. The van der Waals surface area contributed by atoms with Gasteiger partial charge >= 0.3 is 10.4 Å². The molecule has 0 aromatic heterocycles. The van der Waals surface area contributed by atoms with Gasteiger partial charge in [-0.15, -0.1) is 0 Å². The summed E-state index contributed by atoms with van der Waals surface area (Å²) >= 11 is 0. The molecule has 3 aromatic carbocycles. The quantitative estimate of drug-likeness (QED) is 0.447. The van der Waals surface area contributed by atoms with E-state index in [9.17, 15) is 5.11 Å². The van der Waals surface area contributed by atoms with Crippen LogP contribution in [-0.2, 0) is 10.4 Å². The van der Waals surface area contributed by atoms with E-state index in [1.165, 1.54) is 15.9 Å². The van der Waals surface area contributed by atoms with Crippen LogP contribution in [0, 0.1) is 0 Å². The average molecular weight is 405 g/mol. The minimum atomic E-state index is -4.67. The number of benzene rings is 3. The highest BCUT2D eigenvalue weighted by Crippen LogP contribution is 2.54. The molecule has 5 nitrogen and oxygen atoms in total. The largest absolute Gasteiger partial charge is 0.394 e. The van der Waals surface area contributed by atoms with E-state index in [1.54, 1.807) is 0 Å². The first kappa shape index (κ1) is 21.2. The van der Waals surface area contributed by atoms with Crippen molar-refractivity contribution in [3.05, 3.63) is 91.0 Å². The Balaban J connectivity index is 0.000000465. The summed E-state index contributed by atoms with van der Waals surface area (Å²) in [5.74, 6) is 0. The monoisotopic (exact) mass is 405 g/mol. The number of rotatable bonds is 5. The molecule has 3 rings (SSSR count). The van der Waals surface area contributed by atoms with E-state index in [-0.39, 0.29) is 6.61 Å². The second-order valence-electron chi connectivity index (χ2n) is 5.71. The predicted octanol–water partition coefficient (Wildman–Crippen LogP) is 2.32. The Morgan fingerprint density at radius 1 is 0.630 bits per heavy atom. The second-order valence-corrected chi connectivity index (χ2v) is 10.2. The summed E-state index contributed by atoms with van der Waals surface area (Å²) in [6.45, 7) is 0.187. The third kappa shape index (κ3) is 5.96. The Labute approximate surface area is 160 Å². The maximum absolute atomic E-state index is 9.81. The van der Waals surface area contributed by atoms with Gasteiger partial charge in [-0.3, -0.25) is 9.11 Å². The van der Waals surface area contributed by atoms with Gasteiger partial charge in [0.05, 0.1) is 12.8 Å². The standard InChI is InChI=1S/C20H20OP.H2O4S/c21-16-17-22(18-10-4-1-5-11-18,19-12-6-2-7-13-19)20-14-8-3-9-15-20;1-5(2,3)4/h1-15,21H,16-17H2;(H2,1,2,3,4)/q+1;. The van der Waals surface area contributed by atoms with Crippen molar-refractivity contribution in [1.82, 2.24) is 0 Å². The highest BCUT2D eigenvalue weighted by atomic mass is 32.3. The molecule has 0 atom stereocenters. The van der Waals surface area contributed by atoms with Crippen LogP contribution in [0.4, 0.5) is 0 Å². The normalized spacial score (nSPS) is 11.4. The van der Waals surface area contributed by atoms with E-state index in [2.05, 4.69) is 72.8 Å². The van der Waals surface area contributed by atoms with Crippen molar-refractivity contribution in [2.45, 2.75) is 0 Å². The van der Waals surface area contributed by atoms with Gasteiger partial charge in [0, 0.05) is 0 Å². The molecule has 27 heavy (non-hydrogen) atoms. The Bertz CT molecular complexity index is 812. The SMILES string of the molecule is O=S(=O)(O)O.OCC[P+](c1ccccc1)(c1ccccc1)c1ccccc1. The van der Waals surface area contributed by atoms with Gasteiger partial charge in [-0.05, 0) is 36.4 Å². The van der Waals surface area contributed by atoms with Gasteiger partial charge in [-0.2, -0.15) is 8.42 Å². The molecule has 3 N–H and O–H groups in total. The van der Waals surface area contributed by atoms with Crippen LogP contribution in [0.25, 0.3) is 0 Å². The van der Waals surface area contributed by atoms with Crippen molar-refractivity contribution in [2.75, 3.05) is 12.8 Å². The van der Waals surface area contributed by atoms with Crippen molar-refractivity contribution in [2.24, 2.45) is 0 Å². The highest BCUT2D eigenvalue weighted by Gasteiger charge is 2.44. The van der Waals surface area contributed by atoms with E-state index < -0.39 is 17.7 Å². The smallest absolute Gasteiger partial charge is 0.393 e. The zero-order valence-corrected chi connectivity index (χ0v) is 16.3. The van der Waals surface area contributed by atoms with E-state index in [0.29, 0.717) is 0 Å². The zero-order chi connectivity index (χ0) is 19.8. The maximum Gasteiger partial charge on any atom is 0.394 e. The first-order valence-corrected chi connectivity index (χ1v) is 11.6. The predicted molar refractivity (Wildman–Crippen MR) is 111 cm³/mol. The molecule has 142 valence electrons. The number of hydrogen-bond donors (Lipinski definition) is 3. The van der Waals surface area contributed by atoms with Gasteiger partial charge in [0.1, 0.15) is 23.2 Å². The maximum atomic E-state index is 9.81. The lowest BCUT2D eigenvalue weighted by Crippen LogP contribution is -2.34. The average Bonchev–Trinajstić information content (AvgIpc) is 2.67. The molecule has 3 aromatic rings. The molecule has 0 amide bonds. The molecule has 0 bridgehead atoms. The Morgan fingerprint density at radius 3 is 1.11 bits per heavy atom. The van der Waals surface area contributed by atoms with Crippen molar-refractivity contribution < 1.29 is 22.6 Å². The fourth-order valence-corrected chi connectivity index (χ4v) is 7.04. The van der Waals surface area contributed by atoms with Gasteiger partial charge in [0.25, 0.3) is 0 Å². The molecule has 0 radical (unpaired) electrons. The lowest BCUT2D eigenvalue weighted by atomic mass is 10.4. The van der Waals surface area contributed by atoms with Crippen molar-refractivity contribution >= 4 is 33.6 Å². The fraction of sp³-hybridized carbons (Fsp3) is 0.100. The topological polar surface area (TPSA) is 94.8 Å². The molecule has 7 heteroatoms. The van der Waals surface area contributed by atoms with Gasteiger partial charge in [-0.1, -0.05) is 54.6 Å². The third-order valence-electron chi connectivity index (χ3n) is 4.03. The molecule has 0 heterocycles. The van der Waals surface area contributed by atoms with Crippen LogP contribution in [0.1, 0.15) is 0 Å². The molecular weight excluding hydrogens is 383 g/mol. The molecule has 0 aliphatic rings. The van der Waals surface area contributed by atoms with Gasteiger partial charge in [-0.25, -0.2) is 0 Å². The third-order valence-corrected chi connectivity index (χ3v) is 8.44. The fourth-order valence-electron chi connectivity index (χ4n) is 3.03. The summed E-state index contributed by atoms with van der Waals surface area (Å²) < 4.78 is 31.6. The van der Waals surface area contributed by atoms with Crippen LogP contribution < -0.4 is 15.9 Å². The Hall–Kier alpha value is -2.08. The van der Waals surface area contributed by atoms with Crippen LogP contribution >= 0.6 is 7.26 Å². The van der Waals surface area contributed by atoms with Crippen molar-refractivity contribution in [3.8, 4) is 0 Å². The van der Waals surface area contributed by atoms with E-state index in [0.717, 1.165) is 6.16 Å². The lowest BCUT2D eigenvalue weighted by Gasteiger charge is -2.26. The molecule has 0 unspecified atom stereocenters.